The van der Waals surface area contributed by atoms with E-state index in [0.717, 1.165) is 8.95 Å². The molecule has 94 valence electrons. The van der Waals surface area contributed by atoms with E-state index in [9.17, 15) is 0 Å². The zero-order valence-electron chi connectivity index (χ0n) is 10.4. The van der Waals surface area contributed by atoms with E-state index in [4.69, 9.17) is 0 Å². The molecule has 0 aliphatic heterocycles. The first kappa shape index (κ1) is 13.8. The largest absolute Gasteiger partial charge is 0.309 e. The van der Waals surface area contributed by atoms with E-state index in [0.29, 0.717) is 0 Å². The SMILES string of the molecule is CNC(c1ccc(Br)cc1)c1ccc(Br)cc1C. The molecule has 1 atom stereocenters. The van der Waals surface area contributed by atoms with Crippen molar-refractivity contribution in [3.05, 3.63) is 68.1 Å². The number of halogens is 2. The van der Waals surface area contributed by atoms with Gasteiger partial charge < -0.3 is 5.32 Å². The maximum atomic E-state index is 3.51. The average Bonchev–Trinajstić information content (AvgIpc) is 2.35. The van der Waals surface area contributed by atoms with E-state index in [1.165, 1.54) is 16.7 Å². The first-order chi connectivity index (χ1) is 8.61. The lowest BCUT2D eigenvalue weighted by Gasteiger charge is -2.19. The van der Waals surface area contributed by atoms with E-state index < -0.39 is 0 Å². The highest BCUT2D eigenvalue weighted by molar-refractivity contribution is 9.10. The fraction of sp³-hybridized carbons (Fsp3) is 0.200. The third kappa shape index (κ3) is 3.02. The molecule has 1 nitrogen and oxygen atoms in total. The Hall–Kier alpha value is -0.640. The molecule has 0 aromatic heterocycles. The molecule has 2 rings (SSSR count). The van der Waals surface area contributed by atoms with Gasteiger partial charge in [-0.05, 0) is 54.9 Å². The van der Waals surface area contributed by atoms with Crippen LogP contribution in [0.2, 0.25) is 0 Å². The summed E-state index contributed by atoms with van der Waals surface area (Å²) in [6.07, 6.45) is 0. The number of nitrogens with one attached hydrogen (secondary N) is 1. The molecular formula is C15H15Br2N. The summed E-state index contributed by atoms with van der Waals surface area (Å²) < 4.78 is 2.23. The van der Waals surface area contributed by atoms with Crippen molar-refractivity contribution in [2.75, 3.05) is 7.05 Å². The van der Waals surface area contributed by atoms with Crippen LogP contribution in [0, 0.1) is 6.92 Å². The van der Waals surface area contributed by atoms with Crippen LogP contribution >= 0.6 is 31.9 Å². The van der Waals surface area contributed by atoms with Crippen molar-refractivity contribution in [1.82, 2.24) is 5.32 Å². The Balaban J connectivity index is 2.41. The standard InChI is InChI=1S/C15H15Br2N/c1-10-9-13(17)7-8-14(10)15(18-2)11-3-5-12(16)6-4-11/h3-9,15,18H,1-2H3. The van der Waals surface area contributed by atoms with Gasteiger partial charge in [0, 0.05) is 8.95 Å². The predicted molar refractivity (Wildman–Crippen MR) is 83.9 cm³/mol. The molecule has 0 aliphatic carbocycles. The summed E-state index contributed by atoms with van der Waals surface area (Å²) in [7, 11) is 1.99. The predicted octanol–water partition coefficient (Wildman–Crippen LogP) is 4.83. The second-order valence-electron chi connectivity index (χ2n) is 4.27. The highest BCUT2D eigenvalue weighted by atomic mass is 79.9. The fourth-order valence-corrected chi connectivity index (χ4v) is 2.86. The maximum absolute atomic E-state index is 3.51. The van der Waals surface area contributed by atoms with Gasteiger partial charge in [0.15, 0.2) is 0 Å². The molecule has 2 aromatic carbocycles. The van der Waals surface area contributed by atoms with Crippen LogP contribution in [0.5, 0.6) is 0 Å². The minimum atomic E-state index is 0.228. The number of benzene rings is 2. The summed E-state index contributed by atoms with van der Waals surface area (Å²) >= 11 is 6.98. The molecule has 0 amide bonds. The molecule has 1 unspecified atom stereocenters. The fourth-order valence-electron chi connectivity index (χ4n) is 2.12. The van der Waals surface area contributed by atoms with Crippen molar-refractivity contribution in [1.29, 1.82) is 0 Å². The van der Waals surface area contributed by atoms with Crippen LogP contribution in [-0.4, -0.2) is 7.05 Å². The Bertz CT molecular complexity index is 535. The Morgan fingerprint density at radius 2 is 1.56 bits per heavy atom. The number of hydrogen-bond donors (Lipinski definition) is 1. The Kier molecular flexibility index (Phi) is 4.60. The summed E-state index contributed by atoms with van der Waals surface area (Å²) in [5.74, 6) is 0. The van der Waals surface area contributed by atoms with E-state index in [2.05, 4.69) is 86.6 Å². The summed E-state index contributed by atoms with van der Waals surface area (Å²) in [6.45, 7) is 2.14. The van der Waals surface area contributed by atoms with Crippen molar-refractivity contribution < 1.29 is 0 Å². The second kappa shape index (κ2) is 6.00. The highest BCUT2D eigenvalue weighted by Crippen LogP contribution is 2.27. The van der Waals surface area contributed by atoms with Crippen molar-refractivity contribution in [2.45, 2.75) is 13.0 Å². The van der Waals surface area contributed by atoms with Crippen LogP contribution in [0.3, 0.4) is 0 Å². The van der Waals surface area contributed by atoms with Gasteiger partial charge in [-0.15, -0.1) is 0 Å². The van der Waals surface area contributed by atoms with Crippen LogP contribution in [-0.2, 0) is 0 Å². The van der Waals surface area contributed by atoms with Crippen LogP contribution in [0.25, 0.3) is 0 Å². The smallest absolute Gasteiger partial charge is 0.0576 e. The number of aryl methyl sites for hydroxylation is 1. The van der Waals surface area contributed by atoms with E-state index >= 15 is 0 Å². The van der Waals surface area contributed by atoms with Crippen LogP contribution in [0.4, 0.5) is 0 Å². The molecule has 0 radical (unpaired) electrons. The number of rotatable bonds is 3. The molecular weight excluding hydrogens is 354 g/mol. The van der Waals surface area contributed by atoms with Gasteiger partial charge in [-0.2, -0.15) is 0 Å². The molecule has 18 heavy (non-hydrogen) atoms. The molecule has 0 saturated heterocycles. The summed E-state index contributed by atoms with van der Waals surface area (Å²) in [5, 5.41) is 3.38. The molecule has 0 aliphatic rings. The zero-order chi connectivity index (χ0) is 13.1. The topological polar surface area (TPSA) is 12.0 Å². The summed E-state index contributed by atoms with van der Waals surface area (Å²) in [6, 6.07) is 15.1. The quantitative estimate of drug-likeness (QED) is 0.818. The van der Waals surface area contributed by atoms with E-state index in [1.54, 1.807) is 0 Å². The Labute approximate surface area is 125 Å². The molecule has 0 fully saturated rings. The summed E-state index contributed by atoms with van der Waals surface area (Å²) in [4.78, 5) is 0. The van der Waals surface area contributed by atoms with Gasteiger partial charge in [0.25, 0.3) is 0 Å². The Morgan fingerprint density at radius 3 is 2.11 bits per heavy atom. The first-order valence-electron chi connectivity index (χ1n) is 5.80. The monoisotopic (exact) mass is 367 g/mol. The van der Waals surface area contributed by atoms with Gasteiger partial charge in [-0.25, -0.2) is 0 Å². The van der Waals surface area contributed by atoms with Crippen molar-refractivity contribution >= 4 is 31.9 Å². The molecule has 0 bridgehead atoms. The molecule has 0 spiro atoms. The van der Waals surface area contributed by atoms with Gasteiger partial charge in [-0.1, -0.05) is 50.1 Å². The normalized spacial score (nSPS) is 12.4. The van der Waals surface area contributed by atoms with Crippen LogP contribution in [0.15, 0.2) is 51.4 Å². The molecule has 1 N–H and O–H groups in total. The lowest BCUT2D eigenvalue weighted by Crippen LogP contribution is -2.18. The van der Waals surface area contributed by atoms with Gasteiger partial charge in [0.1, 0.15) is 0 Å². The summed E-state index contributed by atoms with van der Waals surface area (Å²) in [5.41, 5.74) is 3.86. The molecule has 0 heterocycles. The minimum absolute atomic E-state index is 0.228. The zero-order valence-corrected chi connectivity index (χ0v) is 13.5. The van der Waals surface area contributed by atoms with Crippen LogP contribution < -0.4 is 5.32 Å². The molecule has 0 saturated carbocycles. The number of hydrogen-bond acceptors (Lipinski definition) is 1. The van der Waals surface area contributed by atoms with E-state index in [-0.39, 0.29) is 6.04 Å². The lowest BCUT2D eigenvalue weighted by molar-refractivity contribution is 0.687. The van der Waals surface area contributed by atoms with Gasteiger partial charge >= 0.3 is 0 Å². The minimum Gasteiger partial charge on any atom is -0.309 e. The van der Waals surface area contributed by atoms with Crippen LogP contribution in [0.1, 0.15) is 22.7 Å². The Morgan fingerprint density at radius 1 is 0.944 bits per heavy atom. The van der Waals surface area contributed by atoms with Gasteiger partial charge in [0.05, 0.1) is 6.04 Å². The first-order valence-corrected chi connectivity index (χ1v) is 7.39. The van der Waals surface area contributed by atoms with Crippen molar-refractivity contribution in [3.8, 4) is 0 Å². The maximum Gasteiger partial charge on any atom is 0.0576 e. The average molecular weight is 369 g/mol. The molecule has 2 aromatic rings. The van der Waals surface area contributed by atoms with Crippen molar-refractivity contribution in [3.63, 3.8) is 0 Å². The van der Waals surface area contributed by atoms with E-state index in [1.807, 2.05) is 7.05 Å². The third-order valence-corrected chi connectivity index (χ3v) is 4.06. The highest BCUT2D eigenvalue weighted by Gasteiger charge is 2.13. The van der Waals surface area contributed by atoms with Gasteiger partial charge in [0.2, 0.25) is 0 Å². The third-order valence-electron chi connectivity index (χ3n) is 3.03. The van der Waals surface area contributed by atoms with Gasteiger partial charge in [-0.3, -0.25) is 0 Å². The lowest BCUT2D eigenvalue weighted by atomic mass is 9.95. The second-order valence-corrected chi connectivity index (χ2v) is 6.11. The van der Waals surface area contributed by atoms with Crippen molar-refractivity contribution in [2.24, 2.45) is 0 Å². The molecule has 3 heteroatoms.